The SMILES string of the molecule is Cc1ccc2nc(NC(=O)CN3CCCCCC3=O)sc2c1. The summed E-state index contributed by atoms with van der Waals surface area (Å²) >= 11 is 1.46. The second-order valence-corrected chi connectivity index (χ2v) is 6.69. The van der Waals surface area contributed by atoms with Crippen LogP contribution in [0.1, 0.15) is 31.2 Å². The average Bonchev–Trinajstić information content (AvgIpc) is 2.75. The van der Waals surface area contributed by atoms with E-state index in [2.05, 4.69) is 16.4 Å². The summed E-state index contributed by atoms with van der Waals surface area (Å²) in [5.74, 6) is -0.0985. The normalized spacial score (nSPS) is 15.9. The van der Waals surface area contributed by atoms with Crippen molar-refractivity contribution in [2.75, 3.05) is 18.4 Å². The van der Waals surface area contributed by atoms with Crippen LogP contribution in [-0.2, 0) is 9.59 Å². The standard InChI is InChI=1S/C16H19N3O2S/c1-11-6-7-12-13(9-11)22-16(17-12)18-14(20)10-19-8-4-2-3-5-15(19)21/h6-7,9H,2-5,8,10H2,1H3,(H,17,18,20). The maximum absolute atomic E-state index is 12.1. The number of nitrogens with zero attached hydrogens (tertiary/aromatic N) is 2. The predicted molar refractivity (Wildman–Crippen MR) is 88.0 cm³/mol. The molecule has 3 rings (SSSR count). The van der Waals surface area contributed by atoms with Crippen LogP contribution in [0.3, 0.4) is 0 Å². The molecule has 1 aliphatic rings. The molecule has 1 fully saturated rings. The minimum absolute atomic E-state index is 0.0765. The van der Waals surface area contributed by atoms with Crippen LogP contribution in [0.25, 0.3) is 10.2 Å². The minimum atomic E-state index is -0.175. The van der Waals surface area contributed by atoms with Crippen molar-refractivity contribution in [1.29, 1.82) is 0 Å². The molecule has 0 radical (unpaired) electrons. The molecule has 1 N–H and O–H groups in total. The van der Waals surface area contributed by atoms with E-state index in [1.54, 1.807) is 4.90 Å². The van der Waals surface area contributed by atoms with Crippen molar-refractivity contribution >= 4 is 38.5 Å². The molecule has 2 amide bonds. The fraction of sp³-hybridized carbons (Fsp3) is 0.438. The number of amides is 2. The Morgan fingerprint density at radius 2 is 2.23 bits per heavy atom. The Kier molecular flexibility index (Phi) is 4.38. The zero-order chi connectivity index (χ0) is 15.5. The third-order valence-corrected chi connectivity index (χ3v) is 4.73. The lowest BCUT2D eigenvalue weighted by molar-refractivity contribution is -0.134. The van der Waals surface area contributed by atoms with Gasteiger partial charge in [0.25, 0.3) is 0 Å². The van der Waals surface area contributed by atoms with Gasteiger partial charge in [-0.05, 0) is 37.5 Å². The van der Waals surface area contributed by atoms with Crippen molar-refractivity contribution in [3.63, 3.8) is 0 Å². The lowest BCUT2D eigenvalue weighted by Gasteiger charge is -2.19. The van der Waals surface area contributed by atoms with Gasteiger partial charge in [0.15, 0.2) is 5.13 Å². The highest BCUT2D eigenvalue weighted by atomic mass is 32.1. The van der Waals surface area contributed by atoms with Gasteiger partial charge in [-0.15, -0.1) is 0 Å². The van der Waals surface area contributed by atoms with Crippen molar-refractivity contribution in [2.45, 2.75) is 32.6 Å². The number of aromatic nitrogens is 1. The third-order valence-electron chi connectivity index (χ3n) is 3.80. The van der Waals surface area contributed by atoms with E-state index in [1.807, 2.05) is 19.1 Å². The molecule has 5 nitrogen and oxygen atoms in total. The zero-order valence-electron chi connectivity index (χ0n) is 12.6. The van der Waals surface area contributed by atoms with Gasteiger partial charge in [0.1, 0.15) is 0 Å². The Bertz CT molecular complexity index is 710. The first-order valence-corrected chi connectivity index (χ1v) is 8.38. The molecule has 1 aliphatic heterocycles. The van der Waals surface area contributed by atoms with Crippen LogP contribution in [0.2, 0.25) is 0 Å². The molecule has 22 heavy (non-hydrogen) atoms. The van der Waals surface area contributed by atoms with Gasteiger partial charge in [-0.2, -0.15) is 0 Å². The first kappa shape index (κ1) is 15.0. The maximum atomic E-state index is 12.1. The molecule has 116 valence electrons. The quantitative estimate of drug-likeness (QED) is 0.946. The molecule has 6 heteroatoms. The summed E-state index contributed by atoms with van der Waals surface area (Å²) in [5, 5.41) is 3.40. The molecule has 0 bridgehead atoms. The summed E-state index contributed by atoms with van der Waals surface area (Å²) < 4.78 is 1.06. The monoisotopic (exact) mass is 317 g/mol. The van der Waals surface area contributed by atoms with E-state index in [-0.39, 0.29) is 18.4 Å². The van der Waals surface area contributed by atoms with Gasteiger partial charge in [0.2, 0.25) is 11.8 Å². The number of hydrogen-bond acceptors (Lipinski definition) is 4. The van der Waals surface area contributed by atoms with Gasteiger partial charge in [0.05, 0.1) is 16.8 Å². The highest BCUT2D eigenvalue weighted by Crippen LogP contribution is 2.26. The molecule has 0 aliphatic carbocycles. The number of thiazole rings is 1. The number of hydrogen-bond donors (Lipinski definition) is 1. The van der Waals surface area contributed by atoms with E-state index in [4.69, 9.17) is 0 Å². The number of likely N-dealkylation sites (tertiary alicyclic amines) is 1. The summed E-state index contributed by atoms with van der Waals surface area (Å²) in [6, 6.07) is 6.01. The summed E-state index contributed by atoms with van der Waals surface area (Å²) in [7, 11) is 0. The lowest BCUT2D eigenvalue weighted by atomic mass is 10.2. The second kappa shape index (κ2) is 6.44. The molecule has 0 spiro atoms. The first-order chi connectivity index (χ1) is 10.6. The average molecular weight is 317 g/mol. The van der Waals surface area contributed by atoms with Crippen LogP contribution in [0, 0.1) is 6.92 Å². The predicted octanol–water partition coefficient (Wildman–Crippen LogP) is 2.95. The summed E-state index contributed by atoms with van der Waals surface area (Å²) in [6.45, 7) is 2.82. The molecule has 2 heterocycles. The Labute approximate surface area is 133 Å². The van der Waals surface area contributed by atoms with Gasteiger partial charge >= 0.3 is 0 Å². The van der Waals surface area contributed by atoms with Crippen LogP contribution in [0.5, 0.6) is 0 Å². The fourth-order valence-electron chi connectivity index (χ4n) is 2.62. The molecule has 1 aromatic heterocycles. The van der Waals surface area contributed by atoms with Gasteiger partial charge in [-0.25, -0.2) is 4.98 Å². The van der Waals surface area contributed by atoms with E-state index in [1.165, 1.54) is 16.9 Å². The number of aryl methyl sites for hydroxylation is 1. The van der Waals surface area contributed by atoms with Crippen molar-refractivity contribution in [3.8, 4) is 0 Å². The highest BCUT2D eigenvalue weighted by molar-refractivity contribution is 7.22. The summed E-state index contributed by atoms with van der Waals surface area (Å²) in [6.07, 6.45) is 3.50. The number of fused-ring (bicyclic) bond motifs is 1. The Hall–Kier alpha value is -1.95. The molecular weight excluding hydrogens is 298 g/mol. The summed E-state index contributed by atoms with van der Waals surface area (Å²) in [5.41, 5.74) is 2.06. The Morgan fingerprint density at radius 1 is 1.36 bits per heavy atom. The van der Waals surface area contributed by atoms with Crippen LogP contribution >= 0.6 is 11.3 Å². The van der Waals surface area contributed by atoms with Gasteiger partial charge in [-0.3, -0.25) is 9.59 Å². The van der Waals surface area contributed by atoms with Crippen molar-refractivity contribution in [1.82, 2.24) is 9.88 Å². The highest BCUT2D eigenvalue weighted by Gasteiger charge is 2.19. The van der Waals surface area contributed by atoms with E-state index < -0.39 is 0 Å². The van der Waals surface area contributed by atoms with Crippen LogP contribution in [0.4, 0.5) is 5.13 Å². The number of carbonyl (C=O) groups excluding carboxylic acids is 2. The first-order valence-electron chi connectivity index (χ1n) is 7.56. The van der Waals surface area contributed by atoms with E-state index >= 15 is 0 Å². The third kappa shape index (κ3) is 3.44. The summed E-state index contributed by atoms with van der Waals surface area (Å²) in [4.78, 5) is 30.1. The van der Waals surface area contributed by atoms with Crippen LogP contribution in [0.15, 0.2) is 18.2 Å². The largest absolute Gasteiger partial charge is 0.333 e. The number of rotatable bonds is 3. The van der Waals surface area contributed by atoms with Crippen molar-refractivity contribution in [3.05, 3.63) is 23.8 Å². The van der Waals surface area contributed by atoms with E-state index in [0.717, 1.165) is 29.5 Å². The fourth-order valence-corrected chi connectivity index (χ4v) is 3.60. The smallest absolute Gasteiger partial charge is 0.245 e. The van der Waals surface area contributed by atoms with E-state index in [0.29, 0.717) is 18.1 Å². The van der Waals surface area contributed by atoms with Gasteiger partial charge in [0, 0.05) is 13.0 Å². The Balaban J connectivity index is 1.66. The number of carbonyl (C=O) groups is 2. The number of nitrogens with one attached hydrogen (secondary N) is 1. The minimum Gasteiger partial charge on any atom is -0.333 e. The molecule has 1 aromatic carbocycles. The molecule has 0 saturated carbocycles. The molecule has 1 saturated heterocycles. The van der Waals surface area contributed by atoms with Crippen molar-refractivity contribution in [2.24, 2.45) is 0 Å². The van der Waals surface area contributed by atoms with Gasteiger partial charge in [-0.1, -0.05) is 23.8 Å². The topological polar surface area (TPSA) is 62.3 Å². The second-order valence-electron chi connectivity index (χ2n) is 5.66. The van der Waals surface area contributed by atoms with Crippen LogP contribution < -0.4 is 5.32 Å². The van der Waals surface area contributed by atoms with E-state index in [9.17, 15) is 9.59 Å². The number of anilines is 1. The Morgan fingerprint density at radius 3 is 3.09 bits per heavy atom. The molecule has 0 atom stereocenters. The van der Waals surface area contributed by atoms with Gasteiger partial charge < -0.3 is 10.2 Å². The molecule has 0 unspecified atom stereocenters. The van der Waals surface area contributed by atoms with Crippen molar-refractivity contribution < 1.29 is 9.59 Å². The van der Waals surface area contributed by atoms with Crippen LogP contribution in [-0.4, -0.2) is 34.8 Å². The maximum Gasteiger partial charge on any atom is 0.245 e. The molecule has 2 aromatic rings. The molecular formula is C16H19N3O2S. The lowest BCUT2D eigenvalue weighted by Crippen LogP contribution is -2.37. The zero-order valence-corrected chi connectivity index (χ0v) is 13.4. The number of benzene rings is 1.